The van der Waals surface area contributed by atoms with Crippen LogP contribution in [0.25, 0.3) is 0 Å². The number of carbonyl (C=O) groups is 2. The van der Waals surface area contributed by atoms with E-state index in [2.05, 4.69) is 5.92 Å². The summed E-state index contributed by atoms with van der Waals surface area (Å²) in [6, 6.07) is 5.72. The normalized spacial score (nSPS) is 11.4. The SMILES string of the molecule is C#CCC(C/C(C)=C/CCc1cc(OC)cc(OC)c1)(C(=O)OCC)C(=O)OCC. The maximum atomic E-state index is 12.7. The van der Waals surface area contributed by atoms with E-state index in [1.807, 2.05) is 31.2 Å². The number of methoxy groups -OCH3 is 2. The monoisotopic (exact) mass is 416 g/mol. The summed E-state index contributed by atoms with van der Waals surface area (Å²) in [5.41, 5.74) is 0.391. The second-order valence-electron chi connectivity index (χ2n) is 6.89. The average molecular weight is 417 g/mol. The van der Waals surface area contributed by atoms with Crippen LogP contribution in [0.5, 0.6) is 11.5 Å². The van der Waals surface area contributed by atoms with E-state index in [1.165, 1.54) is 0 Å². The number of hydrogen-bond donors (Lipinski definition) is 0. The summed E-state index contributed by atoms with van der Waals surface area (Å²) in [6.45, 7) is 5.56. The van der Waals surface area contributed by atoms with E-state index < -0.39 is 17.4 Å². The van der Waals surface area contributed by atoms with E-state index in [0.717, 1.165) is 29.1 Å². The number of aryl methyl sites for hydroxylation is 1. The minimum Gasteiger partial charge on any atom is -0.497 e. The summed E-state index contributed by atoms with van der Waals surface area (Å²) < 4.78 is 20.9. The van der Waals surface area contributed by atoms with E-state index in [9.17, 15) is 9.59 Å². The van der Waals surface area contributed by atoms with Crippen LogP contribution >= 0.6 is 0 Å². The van der Waals surface area contributed by atoms with Crippen molar-refractivity contribution in [3.63, 3.8) is 0 Å². The molecule has 0 saturated carbocycles. The Morgan fingerprint density at radius 1 is 1.03 bits per heavy atom. The molecular weight excluding hydrogens is 384 g/mol. The fraction of sp³-hybridized carbons (Fsp3) is 0.500. The molecule has 6 nitrogen and oxygen atoms in total. The third-order valence-corrected chi connectivity index (χ3v) is 4.65. The molecular formula is C24H32O6. The first-order valence-electron chi connectivity index (χ1n) is 10.0. The van der Waals surface area contributed by atoms with Crippen LogP contribution in [0.3, 0.4) is 0 Å². The summed E-state index contributed by atoms with van der Waals surface area (Å²) in [7, 11) is 3.22. The smallest absolute Gasteiger partial charge is 0.324 e. The highest BCUT2D eigenvalue weighted by molar-refractivity contribution is 6.00. The Bertz CT molecular complexity index is 747. The molecule has 30 heavy (non-hydrogen) atoms. The fourth-order valence-corrected chi connectivity index (χ4v) is 3.19. The zero-order valence-electron chi connectivity index (χ0n) is 18.6. The van der Waals surface area contributed by atoms with E-state index in [0.29, 0.717) is 6.42 Å². The summed E-state index contributed by atoms with van der Waals surface area (Å²) >= 11 is 0. The summed E-state index contributed by atoms with van der Waals surface area (Å²) in [5, 5.41) is 0. The average Bonchev–Trinajstić information content (AvgIpc) is 2.73. The van der Waals surface area contributed by atoms with Gasteiger partial charge in [0.15, 0.2) is 5.41 Å². The largest absolute Gasteiger partial charge is 0.497 e. The molecule has 1 aromatic rings. The molecule has 1 aromatic carbocycles. The second kappa shape index (κ2) is 12.6. The van der Waals surface area contributed by atoms with E-state index in [-0.39, 0.29) is 26.1 Å². The third-order valence-electron chi connectivity index (χ3n) is 4.65. The molecule has 1 rings (SSSR count). The van der Waals surface area contributed by atoms with Crippen molar-refractivity contribution in [3.05, 3.63) is 35.4 Å². The predicted octanol–water partition coefficient (Wildman–Crippen LogP) is 4.11. The molecule has 0 N–H and O–H groups in total. The van der Waals surface area contributed by atoms with Gasteiger partial charge in [-0.2, -0.15) is 0 Å². The second-order valence-corrected chi connectivity index (χ2v) is 6.89. The van der Waals surface area contributed by atoms with Gasteiger partial charge in [0.2, 0.25) is 0 Å². The van der Waals surface area contributed by atoms with Crippen LogP contribution in [0, 0.1) is 17.8 Å². The van der Waals surface area contributed by atoms with Crippen LogP contribution in [0.1, 0.15) is 45.6 Å². The number of rotatable bonds is 12. The van der Waals surface area contributed by atoms with Gasteiger partial charge in [-0.15, -0.1) is 12.3 Å². The van der Waals surface area contributed by atoms with Gasteiger partial charge in [0.1, 0.15) is 11.5 Å². The van der Waals surface area contributed by atoms with Crippen LogP contribution < -0.4 is 9.47 Å². The van der Waals surface area contributed by atoms with Crippen molar-refractivity contribution in [1.29, 1.82) is 0 Å². The molecule has 0 atom stereocenters. The van der Waals surface area contributed by atoms with E-state index >= 15 is 0 Å². The quantitative estimate of drug-likeness (QED) is 0.221. The molecule has 0 amide bonds. The molecule has 0 aliphatic heterocycles. The van der Waals surface area contributed by atoms with Crippen molar-refractivity contribution in [2.45, 2.75) is 46.5 Å². The number of benzene rings is 1. The van der Waals surface area contributed by atoms with Gasteiger partial charge in [-0.1, -0.05) is 11.6 Å². The standard InChI is InChI=1S/C24H32O6/c1-7-13-24(22(25)29-8-2,23(26)30-9-3)17-18(4)11-10-12-19-14-20(27-5)16-21(15-19)28-6/h1,11,14-16H,8-10,12-13,17H2,2-6H3/b18-11+. The molecule has 164 valence electrons. The number of hydrogen-bond acceptors (Lipinski definition) is 6. The number of esters is 2. The lowest BCUT2D eigenvalue weighted by molar-refractivity contribution is -0.171. The van der Waals surface area contributed by atoms with Gasteiger partial charge in [-0.3, -0.25) is 9.59 Å². The molecule has 0 fully saturated rings. The first-order valence-corrected chi connectivity index (χ1v) is 10.0. The Labute approximate surface area is 179 Å². The minimum atomic E-state index is -1.53. The van der Waals surface area contributed by atoms with Crippen LogP contribution in [0.4, 0.5) is 0 Å². The van der Waals surface area contributed by atoms with Gasteiger partial charge < -0.3 is 18.9 Å². The van der Waals surface area contributed by atoms with Crippen LogP contribution in [0.15, 0.2) is 29.8 Å². The fourth-order valence-electron chi connectivity index (χ4n) is 3.19. The Hall–Kier alpha value is -2.94. The molecule has 6 heteroatoms. The molecule has 0 saturated heterocycles. The number of carbonyl (C=O) groups excluding carboxylic acids is 2. The number of terminal acetylenes is 1. The molecule has 0 radical (unpaired) electrons. The van der Waals surface area contributed by atoms with Crippen molar-refractivity contribution in [3.8, 4) is 23.8 Å². The molecule has 0 spiro atoms. The lowest BCUT2D eigenvalue weighted by Crippen LogP contribution is -2.42. The van der Waals surface area contributed by atoms with E-state index in [4.69, 9.17) is 25.4 Å². The van der Waals surface area contributed by atoms with E-state index in [1.54, 1.807) is 28.1 Å². The van der Waals surface area contributed by atoms with Gasteiger partial charge in [0.05, 0.1) is 27.4 Å². The highest BCUT2D eigenvalue weighted by Gasteiger charge is 2.48. The van der Waals surface area contributed by atoms with Crippen molar-refractivity contribution in [1.82, 2.24) is 0 Å². The summed E-state index contributed by atoms with van der Waals surface area (Å²) in [4.78, 5) is 25.3. The molecule has 0 aromatic heterocycles. The van der Waals surface area contributed by atoms with Gasteiger partial charge in [0, 0.05) is 12.5 Å². The lowest BCUT2D eigenvalue weighted by Gasteiger charge is -2.27. The zero-order chi connectivity index (χ0) is 22.6. The van der Waals surface area contributed by atoms with Gasteiger partial charge in [0.25, 0.3) is 0 Å². The molecule has 0 unspecified atom stereocenters. The Morgan fingerprint density at radius 3 is 2.00 bits per heavy atom. The maximum Gasteiger partial charge on any atom is 0.324 e. The van der Waals surface area contributed by atoms with Crippen LogP contribution in [-0.2, 0) is 25.5 Å². The van der Waals surface area contributed by atoms with Crippen LogP contribution in [-0.4, -0.2) is 39.4 Å². The highest BCUT2D eigenvalue weighted by Crippen LogP contribution is 2.34. The molecule has 0 aliphatic rings. The molecule has 0 aliphatic carbocycles. The maximum absolute atomic E-state index is 12.7. The Kier molecular flexibility index (Phi) is 10.5. The Balaban J connectivity index is 3.01. The topological polar surface area (TPSA) is 71.1 Å². The highest BCUT2D eigenvalue weighted by atomic mass is 16.6. The molecule has 0 heterocycles. The van der Waals surface area contributed by atoms with Crippen LogP contribution in [0.2, 0.25) is 0 Å². The first-order chi connectivity index (χ1) is 14.4. The zero-order valence-corrected chi connectivity index (χ0v) is 18.6. The first kappa shape index (κ1) is 25.1. The van der Waals surface area contributed by atoms with Crippen molar-refractivity contribution >= 4 is 11.9 Å². The third kappa shape index (κ3) is 6.84. The molecule has 0 bridgehead atoms. The minimum absolute atomic E-state index is 0.0804. The number of ether oxygens (including phenoxy) is 4. The van der Waals surface area contributed by atoms with Crippen molar-refractivity contribution < 1.29 is 28.5 Å². The van der Waals surface area contributed by atoms with Crippen molar-refractivity contribution in [2.24, 2.45) is 5.41 Å². The van der Waals surface area contributed by atoms with Crippen molar-refractivity contribution in [2.75, 3.05) is 27.4 Å². The Morgan fingerprint density at radius 2 is 1.57 bits per heavy atom. The predicted molar refractivity (Wildman–Crippen MR) is 115 cm³/mol. The van der Waals surface area contributed by atoms with Gasteiger partial charge in [-0.25, -0.2) is 0 Å². The summed E-state index contributed by atoms with van der Waals surface area (Å²) in [6.07, 6.45) is 8.99. The number of allylic oxidation sites excluding steroid dienone is 2. The summed E-state index contributed by atoms with van der Waals surface area (Å²) in [5.74, 6) is 2.60. The van der Waals surface area contributed by atoms with Gasteiger partial charge in [-0.05, 0) is 57.7 Å². The lowest BCUT2D eigenvalue weighted by atomic mass is 9.78. The van der Waals surface area contributed by atoms with Gasteiger partial charge >= 0.3 is 11.9 Å².